The number of amides is 1. The van der Waals surface area contributed by atoms with Gasteiger partial charge >= 0.3 is 0 Å². The number of hydrogen-bond acceptors (Lipinski definition) is 4. The molecule has 0 aliphatic carbocycles. The second-order valence-corrected chi connectivity index (χ2v) is 7.58. The van der Waals surface area contributed by atoms with E-state index in [9.17, 15) is 9.18 Å². The van der Waals surface area contributed by atoms with Crippen molar-refractivity contribution in [1.29, 1.82) is 0 Å². The lowest BCUT2D eigenvalue weighted by Crippen LogP contribution is -2.46. The van der Waals surface area contributed by atoms with E-state index in [-0.39, 0.29) is 17.8 Å². The Morgan fingerprint density at radius 1 is 1.22 bits per heavy atom. The van der Waals surface area contributed by atoms with Crippen LogP contribution in [0.15, 0.2) is 30.5 Å². The molecule has 0 N–H and O–H groups in total. The Hall–Kier alpha value is -2.50. The van der Waals surface area contributed by atoms with E-state index in [4.69, 9.17) is 0 Å². The Balaban J connectivity index is 1.88. The largest absolute Gasteiger partial charge is 0.354 e. The van der Waals surface area contributed by atoms with E-state index in [2.05, 4.69) is 28.7 Å². The van der Waals surface area contributed by atoms with Crippen molar-refractivity contribution in [3.8, 4) is 0 Å². The summed E-state index contributed by atoms with van der Waals surface area (Å²) in [5.74, 6) is 1.80. The van der Waals surface area contributed by atoms with Gasteiger partial charge in [0, 0.05) is 37.8 Å². The predicted octanol–water partition coefficient (Wildman–Crippen LogP) is 3.50. The Morgan fingerprint density at radius 3 is 2.59 bits per heavy atom. The van der Waals surface area contributed by atoms with Crippen LogP contribution in [0.25, 0.3) is 0 Å². The highest BCUT2D eigenvalue weighted by Gasteiger charge is 2.32. The SMILES string of the molecule is Cc1ncc(C)c(N2CCC(=O)N(Cc3ccc(F)cc3)C(C(C)C)C2)n1. The summed E-state index contributed by atoms with van der Waals surface area (Å²) in [7, 11) is 0. The molecule has 0 spiro atoms. The molecule has 1 aliphatic rings. The average molecular weight is 370 g/mol. The lowest BCUT2D eigenvalue weighted by molar-refractivity contribution is -0.134. The quantitative estimate of drug-likeness (QED) is 0.827. The molecule has 1 aliphatic heterocycles. The van der Waals surface area contributed by atoms with Gasteiger partial charge in [-0.1, -0.05) is 26.0 Å². The van der Waals surface area contributed by atoms with Gasteiger partial charge in [-0.15, -0.1) is 0 Å². The number of aryl methyl sites for hydroxylation is 2. The minimum Gasteiger partial charge on any atom is -0.354 e. The van der Waals surface area contributed by atoms with Crippen LogP contribution in [0.2, 0.25) is 0 Å². The van der Waals surface area contributed by atoms with Crippen molar-refractivity contribution in [2.24, 2.45) is 5.92 Å². The number of benzene rings is 1. The van der Waals surface area contributed by atoms with Gasteiger partial charge in [-0.25, -0.2) is 14.4 Å². The summed E-state index contributed by atoms with van der Waals surface area (Å²) in [4.78, 5) is 26.0. The fourth-order valence-electron chi connectivity index (χ4n) is 3.57. The maximum atomic E-state index is 13.2. The summed E-state index contributed by atoms with van der Waals surface area (Å²) < 4.78 is 13.2. The zero-order valence-electron chi connectivity index (χ0n) is 16.4. The first-order valence-electron chi connectivity index (χ1n) is 9.44. The summed E-state index contributed by atoms with van der Waals surface area (Å²) in [5.41, 5.74) is 1.96. The van der Waals surface area contributed by atoms with Crippen LogP contribution in [0.5, 0.6) is 0 Å². The zero-order chi connectivity index (χ0) is 19.6. The van der Waals surface area contributed by atoms with E-state index in [1.807, 2.05) is 24.9 Å². The zero-order valence-corrected chi connectivity index (χ0v) is 16.4. The maximum Gasteiger partial charge on any atom is 0.224 e. The number of nitrogens with zero attached hydrogens (tertiary/aromatic N) is 4. The molecule has 0 bridgehead atoms. The summed E-state index contributed by atoms with van der Waals surface area (Å²) >= 11 is 0. The third-order valence-corrected chi connectivity index (χ3v) is 5.12. The first-order chi connectivity index (χ1) is 12.8. The minimum atomic E-state index is -0.262. The molecule has 2 aromatic rings. The highest BCUT2D eigenvalue weighted by Crippen LogP contribution is 2.25. The van der Waals surface area contributed by atoms with Crippen LogP contribution >= 0.6 is 0 Å². The molecule has 0 radical (unpaired) electrons. The molecule has 1 unspecified atom stereocenters. The van der Waals surface area contributed by atoms with Crippen molar-refractivity contribution in [2.75, 3.05) is 18.0 Å². The standard InChI is InChI=1S/C21H27FN4O/c1-14(2)19-13-25(21-15(3)11-23-16(4)24-21)10-9-20(27)26(19)12-17-5-7-18(22)8-6-17/h5-8,11,14,19H,9-10,12-13H2,1-4H3. The van der Waals surface area contributed by atoms with Crippen molar-refractivity contribution in [3.05, 3.63) is 53.2 Å². The molecular formula is C21H27FN4O. The highest BCUT2D eigenvalue weighted by molar-refractivity contribution is 5.78. The Kier molecular flexibility index (Phi) is 5.73. The van der Waals surface area contributed by atoms with Crippen molar-refractivity contribution in [1.82, 2.24) is 14.9 Å². The van der Waals surface area contributed by atoms with Gasteiger partial charge < -0.3 is 9.80 Å². The number of anilines is 1. The number of halogens is 1. The fourth-order valence-corrected chi connectivity index (χ4v) is 3.57. The molecule has 3 rings (SSSR count). The summed E-state index contributed by atoms with van der Waals surface area (Å²) in [6.07, 6.45) is 2.28. The number of rotatable bonds is 4. The molecule has 2 heterocycles. The van der Waals surface area contributed by atoms with Crippen molar-refractivity contribution in [3.63, 3.8) is 0 Å². The van der Waals surface area contributed by atoms with E-state index in [1.165, 1.54) is 12.1 Å². The Morgan fingerprint density at radius 2 is 1.93 bits per heavy atom. The van der Waals surface area contributed by atoms with Crippen LogP contribution in [-0.4, -0.2) is 39.9 Å². The van der Waals surface area contributed by atoms with Crippen molar-refractivity contribution < 1.29 is 9.18 Å². The van der Waals surface area contributed by atoms with Crippen molar-refractivity contribution >= 4 is 11.7 Å². The van der Waals surface area contributed by atoms with Gasteiger partial charge in [0.15, 0.2) is 0 Å². The molecule has 0 saturated carbocycles. The number of carbonyl (C=O) groups is 1. The first kappa shape index (κ1) is 19.3. The van der Waals surface area contributed by atoms with Crippen LogP contribution in [0.3, 0.4) is 0 Å². The summed E-state index contributed by atoms with van der Waals surface area (Å²) in [6, 6.07) is 6.45. The molecule has 1 aromatic heterocycles. The van der Waals surface area contributed by atoms with E-state index < -0.39 is 0 Å². The minimum absolute atomic E-state index is 0.0553. The molecule has 1 fully saturated rings. The number of carbonyl (C=O) groups excluding carboxylic acids is 1. The van der Waals surface area contributed by atoms with Crippen LogP contribution in [0.1, 0.15) is 37.2 Å². The number of hydrogen-bond donors (Lipinski definition) is 0. The third kappa shape index (κ3) is 4.43. The van der Waals surface area contributed by atoms with Crippen LogP contribution < -0.4 is 4.90 Å². The topological polar surface area (TPSA) is 49.3 Å². The molecule has 1 saturated heterocycles. The molecular weight excluding hydrogens is 343 g/mol. The Labute approximate surface area is 160 Å². The van der Waals surface area contributed by atoms with Crippen molar-refractivity contribution in [2.45, 2.75) is 46.7 Å². The van der Waals surface area contributed by atoms with E-state index in [0.29, 0.717) is 25.4 Å². The van der Waals surface area contributed by atoms with Crippen LogP contribution in [0.4, 0.5) is 10.2 Å². The highest BCUT2D eigenvalue weighted by atomic mass is 19.1. The van der Waals surface area contributed by atoms with Crippen LogP contribution in [0, 0.1) is 25.6 Å². The lowest BCUT2D eigenvalue weighted by Gasteiger charge is -2.35. The summed E-state index contributed by atoms with van der Waals surface area (Å²) in [5, 5.41) is 0. The van der Waals surface area contributed by atoms with E-state index in [1.54, 1.807) is 12.1 Å². The number of aromatic nitrogens is 2. The smallest absolute Gasteiger partial charge is 0.224 e. The molecule has 5 nitrogen and oxygen atoms in total. The first-order valence-corrected chi connectivity index (χ1v) is 9.44. The third-order valence-electron chi connectivity index (χ3n) is 5.12. The molecule has 1 amide bonds. The van der Waals surface area contributed by atoms with Gasteiger partial charge in [0.1, 0.15) is 17.5 Å². The second kappa shape index (κ2) is 8.03. The fraction of sp³-hybridized carbons (Fsp3) is 0.476. The normalized spacial score (nSPS) is 18.1. The van der Waals surface area contributed by atoms with Gasteiger partial charge in [0.2, 0.25) is 5.91 Å². The van der Waals surface area contributed by atoms with E-state index >= 15 is 0 Å². The maximum absolute atomic E-state index is 13.2. The van der Waals surface area contributed by atoms with Gasteiger partial charge in [-0.3, -0.25) is 4.79 Å². The van der Waals surface area contributed by atoms with E-state index in [0.717, 1.165) is 29.3 Å². The van der Waals surface area contributed by atoms with Gasteiger partial charge in [0.25, 0.3) is 0 Å². The lowest BCUT2D eigenvalue weighted by atomic mass is 10.0. The molecule has 6 heteroatoms. The second-order valence-electron chi connectivity index (χ2n) is 7.58. The molecule has 1 atom stereocenters. The molecule has 1 aromatic carbocycles. The van der Waals surface area contributed by atoms with Gasteiger partial charge in [0.05, 0.1) is 6.04 Å². The molecule has 144 valence electrons. The molecule has 27 heavy (non-hydrogen) atoms. The average Bonchev–Trinajstić information content (AvgIpc) is 2.79. The van der Waals surface area contributed by atoms with Crippen LogP contribution in [-0.2, 0) is 11.3 Å². The Bertz CT molecular complexity index is 806. The summed E-state index contributed by atoms with van der Waals surface area (Å²) in [6.45, 7) is 10.0. The van der Waals surface area contributed by atoms with Gasteiger partial charge in [-0.2, -0.15) is 0 Å². The van der Waals surface area contributed by atoms with Gasteiger partial charge in [-0.05, 0) is 37.5 Å². The monoisotopic (exact) mass is 370 g/mol. The predicted molar refractivity (Wildman–Crippen MR) is 104 cm³/mol.